The third kappa shape index (κ3) is 2.93. The van der Waals surface area contributed by atoms with Crippen LogP contribution < -0.4 is 11.3 Å². The van der Waals surface area contributed by atoms with E-state index >= 15 is 0 Å². The third-order valence-electron chi connectivity index (χ3n) is 2.70. The average Bonchev–Trinajstić information content (AvgIpc) is 2.23. The zero-order valence-corrected chi connectivity index (χ0v) is 11.2. The van der Waals surface area contributed by atoms with E-state index in [-0.39, 0.29) is 17.7 Å². The van der Waals surface area contributed by atoms with Crippen LogP contribution in [0.1, 0.15) is 28.4 Å². The van der Waals surface area contributed by atoms with Gasteiger partial charge in [0.25, 0.3) is 21.6 Å². The van der Waals surface area contributed by atoms with Crippen LogP contribution >= 0.6 is 0 Å². The Morgan fingerprint density at radius 3 is 2.32 bits per heavy atom. The molecule has 0 spiro atoms. The predicted octanol–water partition coefficient (Wildman–Crippen LogP) is -0.631. The van der Waals surface area contributed by atoms with Crippen LogP contribution in [0.4, 0.5) is 0 Å². The number of rotatable bonds is 4. The maximum Gasteiger partial charge on any atom is 0.269 e. The van der Waals surface area contributed by atoms with E-state index in [1.54, 1.807) is 0 Å². The van der Waals surface area contributed by atoms with E-state index in [1.807, 2.05) is 0 Å². The van der Waals surface area contributed by atoms with Crippen molar-refractivity contribution in [2.45, 2.75) is 26.1 Å². The van der Waals surface area contributed by atoms with Crippen LogP contribution in [-0.4, -0.2) is 28.6 Å². The summed E-state index contributed by atoms with van der Waals surface area (Å²) in [6.07, 6.45) is 0. The van der Waals surface area contributed by atoms with Gasteiger partial charge in [-0.1, -0.05) is 0 Å². The first-order chi connectivity index (χ1) is 8.60. The number of aromatic nitrogens is 1. The van der Waals surface area contributed by atoms with Gasteiger partial charge in [-0.3, -0.25) is 18.7 Å². The molecule has 1 heterocycles. The molecular weight excluding hydrogens is 276 g/mol. The van der Waals surface area contributed by atoms with Crippen molar-refractivity contribution >= 4 is 16.0 Å². The summed E-state index contributed by atoms with van der Waals surface area (Å²) in [5, 5.41) is 9.86. The van der Waals surface area contributed by atoms with Gasteiger partial charge in [0.1, 0.15) is 11.3 Å². The standard InChI is InChI=1S/C10H14N2O6S/c1-3-12-9(14)6(4-19(16,17)18)5(2)7(8(11)13)10(12)15/h14H,3-4H2,1-2H3,(H2,11,13)(H,16,17,18). The molecule has 1 rings (SSSR count). The summed E-state index contributed by atoms with van der Waals surface area (Å²) in [6, 6.07) is 0. The molecular formula is C10H14N2O6S. The number of carbonyl (C=O) groups is 1. The lowest BCUT2D eigenvalue weighted by Gasteiger charge is -2.15. The number of pyridine rings is 1. The summed E-state index contributed by atoms with van der Waals surface area (Å²) in [5.41, 5.74) is 3.59. The van der Waals surface area contributed by atoms with Crippen molar-refractivity contribution in [1.29, 1.82) is 0 Å². The Balaban J connectivity index is 3.78. The lowest BCUT2D eigenvalue weighted by Crippen LogP contribution is -2.32. The minimum absolute atomic E-state index is 0.0176. The van der Waals surface area contributed by atoms with Gasteiger partial charge < -0.3 is 10.8 Å². The molecule has 0 aromatic carbocycles. The first-order valence-corrected chi connectivity index (χ1v) is 6.91. The van der Waals surface area contributed by atoms with Gasteiger partial charge in [-0.05, 0) is 19.4 Å². The summed E-state index contributed by atoms with van der Waals surface area (Å²) in [7, 11) is -4.43. The monoisotopic (exact) mass is 290 g/mol. The van der Waals surface area contributed by atoms with E-state index in [9.17, 15) is 23.1 Å². The number of nitrogens with two attached hydrogens (primary N) is 1. The van der Waals surface area contributed by atoms with Gasteiger partial charge in [-0.2, -0.15) is 8.42 Å². The van der Waals surface area contributed by atoms with Gasteiger partial charge in [0, 0.05) is 12.1 Å². The highest BCUT2D eigenvalue weighted by Crippen LogP contribution is 2.23. The SMILES string of the molecule is CCn1c(O)c(CS(=O)(=O)O)c(C)c(C(N)=O)c1=O. The first kappa shape index (κ1) is 15.2. The predicted molar refractivity (Wildman–Crippen MR) is 66.5 cm³/mol. The molecule has 4 N–H and O–H groups in total. The van der Waals surface area contributed by atoms with Gasteiger partial charge >= 0.3 is 0 Å². The molecule has 0 aliphatic heterocycles. The summed E-state index contributed by atoms with van der Waals surface area (Å²) in [6.45, 7) is 2.82. The number of nitrogens with zero attached hydrogens (tertiary/aromatic N) is 1. The molecule has 0 radical (unpaired) electrons. The Bertz CT molecular complexity index is 689. The molecule has 0 atom stereocenters. The highest BCUT2D eigenvalue weighted by molar-refractivity contribution is 7.85. The Labute approximate surface area is 109 Å². The molecule has 8 nitrogen and oxygen atoms in total. The summed E-state index contributed by atoms with van der Waals surface area (Å²) < 4.78 is 31.5. The lowest BCUT2D eigenvalue weighted by atomic mass is 10.1. The second kappa shape index (κ2) is 5.02. The van der Waals surface area contributed by atoms with Crippen LogP contribution in [0.3, 0.4) is 0 Å². The normalized spacial score (nSPS) is 11.5. The van der Waals surface area contributed by atoms with Gasteiger partial charge in [0.15, 0.2) is 5.88 Å². The van der Waals surface area contributed by atoms with Gasteiger partial charge in [-0.15, -0.1) is 0 Å². The number of hydrogen-bond donors (Lipinski definition) is 3. The van der Waals surface area contributed by atoms with Crippen LogP contribution in [0.15, 0.2) is 4.79 Å². The van der Waals surface area contributed by atoms with E-state index in [0.717, 1.165) is 4.57 Å². The molecule has 0 aliphatic carbocycles. The van der Waals surface area contributed by atoms with Crippen LogP contribution in [0.2, 0.25) is 0 Å². The maximum absolute atomic E-state index is 11.9. The van der Waals surface area contributed by atoms with E-state index in [0.29, 0.717) is 0 Å². The summed E-state index contributed by atoms with van der Waals surface area (Å²) in [5.74, 6) is -2.54. The zero-order valence-electron chi connectivity index (χ0n) is 10.4. The Kier molecular flexibility index (Phi) is 4.01. The molecule has 106 valence electrons. The molecule has 19 heavy (non-hydrogen) atoms. The maximum atomic E-state index is 11.9. The lowest BCUT2D eigenvalue weighted by molar-refractivity contribution is 0.0997. The van der Waals surface area contributed by atoms with Crippen molar-refractivity contribution in [2.24, 2.45) is 5.73 Å². The van der Waals surface area contributed by atoms with Crippen LogP contribution in [-0.2, 0) is 22.4 Å². The molecule has 9 heteroatoms. The fourth-order valence-electron chi connectivity index (χ4n) is 1.81. The second-order valence-corrected chi connectivity index (χ2v) is 5.39. The number of primary amides is 1. The quantitative estimate of drug-likeness (QED) is 0.631. The van der Waals surface area contributed by atoms with E-state index in [2.05, 4.69) is 0 Å². The first-order valence-electron chi connectivity index (χ1n) is 5.30. The fraction of sp³-hybridized carbons (Fsp3) is 0.400. The highest BCUT2D eigenvalue weighted by atomic mass is 32.2. The Morgan fingerprint density at radius 1 is 1.42 bits per heavy atom. The molecule has 1 amide bonds. The van der Waals surface area contributed by atoms with Crippen molar-refractivity contribution in [2.75, 3.05) is 0 Å². The molecule has 0 aliphatic rings. The van der Waals surface area contributed by atoms with Crippen LogP contribution in [0.5, 0.6) is 5.88 Å². The van der Waals surface area contributed by atoms with E-state index in [4.69, 9.17) is 10.3 Å². The van der Waals surface area contributed by atoms with Crippen molar-refractivity contribution in [3.8, 4) is 5.88 Å². The largest absolute Gasteiger partial charge is 0.494 e. The van der Waals surface area contributed by atoms with Crippen molar-refractivity contribution in [3.63, 3.8) is 0 Å². The molecule has 1 aromatic rings. The fourth-order valence-corrected chi connectivity index (χ4v) is 2.52. The van der Waals surface area contributed by atoms with Crippen LogP contribution in [0, 0.1) is 6.92 Å². The Hall–Kier alpha value is -1.87. The van der Waals surface area contributed by atoms with Crippen molar-refractivity contribution < 1.29 is 22.9 Å². The zero-order chi connectivity index (χ0) is 15.0. The molecule has 0 unspecified atom stereocenters. The smallest absolute Gasteiger partial charge is 0.269 e. The molecule has 1 aromatic heterocycles. The van der Waals surface area contributed by atoms with E-state index in [1.165, 1.54) is 13.8 Å². The molecule has 0 bridgehead atoms. The topological polar surface area (TPSA) is 140 Å². The van der Waals surface area contributed by atoms with Crippen LogP contribution in [0.25, 0.3) is 0 Å². The minimum atomic E-state index is -4.43. The average molecular weight is 290 g/mol. The molecule has 0 saturated carbocycles. The van der Waals surface area contributed by atoms with Gasteiger partial charge in [0.2, 0.25) is 0 Å². The van der Waals surface area contributed by atoms with Gasteiger partial charge in [0.05, 0.1) is 0 Å². The van der Waals surface area contributed by atoms with Crippen molar-refractivity contribution in [3.05, 3.63) is 27.0 Å². The Morgan fingerprint density at radius 2 is 1.95 bits per heavy atom. The van der Waals surface area contributed by atoms with Crippen molar-refractivity contribution in [1.82, 2.24) is 4.57 Å². The minimum Gasteiger partial charge on any atom is -0.494 e. The number of hydrogen-bond acceptors (Lipinski definition) is 5. The molecule has 0 saturated heterocycles. The van der Waals surface area contributed by atoms with Gasteiger partial charge in [-0.25, -0.2) is 0 Å². The number of amides is 1. The summed E-state index contributed by atoms with van der Waals surface area (Å²) in [4.78, 5) is 23.1. The third-order valence-corrected chi connectivity index (χ3v) is 3.36. The second-order valence-electron chi connectivity index (χ2n) is 3.94. The molecule has 0 fully saturated rings. The highest BCUT2D eigenvalue weighted by Gasteiger charge is 2.24. The number of aromatic hydroxyl groups is 1. The van der Waals surface area contributed by atoms with E-state index < -0.39 is 38.8 Å². The summed E-state index contributed by atoms with van der Waals surface area (Å²) >= 11 is 0. The number of carbonyl (C=O) groups excluding carboxylic acids is 1.